The molecule has 3 aromatic rings. The topological polar surface area (TPSA) is 57.7 Å². The van der Waals surface area contributed by atoms with E-state index in [4.69, 9.17) is 4.74 Å². The van der Waals surface area contributed by atoms with Crippen molar-refractivity contribution >= 4 is 22.9 Å². The van der Waals surface area contributed by atoms with E-state index in [0.717, 1.165) is 66.8 Å². The Morgan fingerprint density at radius 3 is 2.45 bits per heavy atom. The first kappa shape index (κ1) is 23.4. The molecule has 33 heavy (non-hydrogen) atoms. The number of hydrogen-bond donors (Lipinski definition) is 1. The minimum Gasteiger partial charge on any atom is -0.494 e. The summed E-state index contributed by atoms with van der Waals surface area (Å²) < 4.78 is 18.9. The van der Waals surface area contributed by atoms with Gasteiger partial charge in [-0.2, -0.15) is 0 Å². The minimum atomic E-state index is -0.319. The molecule has 1 fully saturated rings. The zero-order chi connectivity index (χ0) is 23.2. The number of benzene rings is 2. The number of amides is 1. The number of carbonyl (C=O) groups is 1. The van der Waals surface area contributed by atoms with Gasteiger partial charge >= 0.3 is 0 Å². The summed E-state index contributed by atoms with van der Waals surface area (Å²) in [5.41, 5.74) is 3.92. The fraction of sp³-hybridized carbons (Fsp3) is 0.360. The maximum Gasteiger partial charge on any atom is 0.231 e. The molecule has 8 heteroatoms. The molecule has 0 saturated carbocycles. The van der Waals surface area contributed by atoms with Gasteiger partial charge in [0.05, 0.1) is 19.2 Å². The Morgan fingerprint density at radius 1 is 1.09 bits per heavy atom. The van der Waals surface area contributed by atoms with Crippen LogP contribution in [0.2, 0.25) is 0 Å². The first-order valence-electron chi connectivity index (χ1n) is 11.1. The van der Waals surface area contributed by atoms with Crippen LogP contribution in [0.1, 0.15) is 21.8 Å². The highest BCUT2D eigenvalue weighted by atomic mass is 32.1. The molecule has 2 aromatic carbocycles. The first-order chi connectivity index (χ1) is 16.0. The van der Waals surface area contributed by atoms with E-state index in [2.05, 4.69) is 20.1 Å². The Bertz CT molecular complexity index is 1080. The molecule has 0 atom stereocenters. The summed E-state index contributed by atoms with van der Waals surface area (Å²) in [7, 11) is 1.47. The van der Waals surface area contributed by atoms with E-state index in [1.165, 1.54) is 18.4 Å². The number of aromatic nitrogens is 1. The molecule has 0 aliphatic carbocycles. The fourth-order valence-corrected chi connectivity index (χ4v) is 4.67. The van der Waals surface area contributed by atoms with Crippen molar-refractivity contribution in [1.29, 1.82) is 0 Å². The van der Waals surface area contributed by atoms with Crippen LogP contribution in [0.25, 0.3) is 0 Å². The van der Waals surface area contributed by atoms with Crippen molar-refractivity contribution in [1.82, 2.24) is 14.8 Å². The summed E-state index contributed by atoms with van der Waals surface area (Å²) in [6.45, 7) is 7.23. The van der Waals surface area contributed by atoms with Crippen molar-refractivity contribution in [2.45, 2.75) is 26.4 Å². The van der Waals surface area contributed by atoms with E-state index in [1.807, 2.05) is 42.6 Å². The van der Waals surface area contributed by atoms with Gasteiger partial charge < -0.3 is 10.1 Å². The summed E-state index contributed by atoms with van der Waals surface area (Å²) in [5, 5.41) is 5.80. The van der Waals surface area contributed by atoms with Crippen LogP contribution in [0.4, 0.5) is 10.1 Å². The number of anilines is 1. The Hall–Kier alpha value is -2.81. The molecule has 1 aliphatic heterocycles. The molecule has 0 spiro atoms. The van der Waals surface area contributed by atoms with Crippen LogP contribution in [-0.2, 0) is 24.3 Å². The Labute approximate surface area is 198 Å². The van der Waals surface area contributed by atoms with Gasteiger partial charge in [-0.25, -0.2) is 9.37 Å². The van der Waals surface area contributed by atoms with Crippen LogP contribution in [0.3, 0.4) is 0 Å². The zero-order valence-corrected chi connectivity index (χ0v) is 19.8. The number of nitrogens with zero attached hydrogens (tertiary/aromatic N) is 3. The Morgan fingerprint density at radius 2 is 1.79 bits per heavy atom. The Balaban J connectivity index is 1.22. The summed E-state index contributed by atoms with van der Waals surface area (Å²) >= 11 is 1.53. The normalized spacial score (nSPS) is 14.9. The molecule has 4 rings (SSSR count). The fourth-order valence-electron chi connectivity index (χ4n) is 3.88. The number of carbonyl (C=O) groups excluding carboxylic acids is 1. The van der Waals surface area contributed by atoms with Gasteiger partial charge in [0.2, 0.25) is 5.91 Å². The number of nitrogens with one attached hydrogen (secondary N) is 1. The SMILES string of the molecule is COc1ccc(CN2CCN(Cc3csc(CC(=O)Nc4ccc(C)cc4)n3)CC2)cc1F. The van der Waals surface area contributed by atoms with Crippen LogP contribution < -0.4 is 10.1 Å². The number of hydrogen-bond acceptors (Lipinski definition) is 6. The van der Waals surface area contributed by atoms with Gasteiger partial charge in [0.1, 0.15) is 5.01 Å². The number of ether oxygens (including phenoxy) is 1. The van der Waals surface area contributed by atoms with Crippen LogP contribution >= 0.6 is 11.3 Å². The van der Waals surface area contributed by atoms with Crippen molar-refractivity contribution in [3.63, 3.8) is 0 Å². The highest BCUT2D eigenvalue weighted by molar-refractivity contribution is 7.09. The molecule has 1 amide bonds. The predicted octanol–water partition coefficient (Wildman–Crippen LogP) is 4.10. The number of methoxy groups -OCH3 is 1. The molecule has 6 nitrogen and oxygen atoms in total. The molecule has 174 valence electrons. The third-order valence-corrected chi connectivity index (χ3v) is 6.62. The number of thiazole rings is 1. The quantitative estimate of drug-likeness (QED) is 0.540. The summed E-state index contributed by atoms with van der Waals surface area (Å²) in [4.78, 5) is 21.7. The van der Waals surface area contributed by atoms with Crippen LogP contribution in [-0.4, -0.2) is 54.0 Å². The highest BCUT2D eigenvalue weighted by Gasteiger charge is 2.19. The van der Waals surface area contributed by atoms with Crippen LogP contribution in [0.5, 0.6) is 5.75 Å². The summed E-state index contributed by atoms with van der Waals surface area (Å²) in [6, 6.07) is 12.9. The molecule has 1 aliphatic rings. The maximum absolute atomic E-state index is 13.9. The Kier molecular flexibility index (Phi) is 7.69. The molecule has 0 unspecified atom stereocenters. The molecular weight excluding hydrogens is 439 g/mol. The van der Waals surface area contributed by atoms with Gasteiger partial charge in [0.15, 0.2) is 11.6 Å². The second kappa shape index (κ2) is 10.9. The van der Waals surface area contributed by atoms with Crippen molar-refractivity contribution in [2.24, 2.45) is 0 Å². The highest BCUT2D eigenvalue weighted by Crippen LogP contribution is 2.20. The monoisotopic (exact) mass is 468 g/mol. The number of piperazine rings is 1. The zero-order valence-electron chi connectivity index (χ0n) is 19.0. The molecule has 1 aromatic heterocycles. The van der Waals surface area contributed by atoms with Crippen LogP contribution in [0, 0.1) is 12.7 Å². The standard InChI is InChI=1S/C25H29FN4O2S/c1-18-3-6-20(7-4-18)27-24(31)14-25-28-21(17-33-25)16-30-11-9-29(10-12-30)15-19-5-8-23(32-2)22(26)13-19/h3-8,13,17H,9-12,14-16H2,1-2H3,(H,27,31). The maximum atomic E-state index is 13.9. The third kappa shape index (κ3) is 6.60. The van der Waals surface area contributed by atoms with E-state index in [1.54, 1.807) is 12.1 Å². The second-order valence-corrected chi connectivity index (χ2v) is 9.29. The smallest absolute Gasteiger partial charge is 0.231 e. The lowest BCUT2D eigenvalue weighted by molar-refractivity contribution is -0.115. The lowest BCUT2D eigenvalue weighted by Crippen LogP contribution is -2.45. The minimum absolute atomic E-state index is 0.0525. The predicted molar refractivity (Wildman–Crippen MR) is 129 cm³/mol. The van der Waals surface area contributed by atoms with Gasteiger partial charge in [-0.1, -0.05) is 23.8 Å². The lowest BCUT2D eigenvalue weighted by atomic mass is 10.2. The van der Waals surface area contributed by atoms with E-state index >= 15 is 0 Å². The summed E-state index contributed by atoms with van der Waals surface area (Å²) in [5.74, 6) is -0.0947. The van der Waals surface area contributed by atoms with Gasteiger partial charge in [-0.05, 0) is 36.8 Å². The number of aryl methyl sites for hydroxylation is 1. The average Bonchev–Trinajstić information content (AvgIpc) is 3.23. The van der Waals surface area contributed by atoms with Gasteiger partial charge in [-0.15, -0.1) is 11.3 Å². The van der Waals surface area contributed by atoms with Crippen molar-refractivity contribution in [3.05, 3.63) is 75.5 Å². The molecule has 1 N–H and O–H groups in total. The summed E-state index contributed by atoms with van der Waals surface area (Å²) in [6.07, 6.45) is 0.282. The molecule has 0 bridgehead atoms. The second-order valence-electron chi connectivity index (χ2n) is 8.34. The molecule has 1 saturated heterocycles. The van der Waals surface area contributed by atoms with E-state index in [9.17, 15) is 9.18 Å². The van der Waals surface area contributed by atoms with Gasteiger partial charge in [-0.3, -0.25) is 14.6 Å². The molecule has 2 heterocycles. The van der Waals surface area contributed by atoms with Crippen molar-refractivity contribution in [3.8, 4) is 5.75 Å². The number of halogens is 1. The lowest BCUT2D eigenvalue weighted by Gasteiger charge is -2.34. The first-order valence-corrected chi connectivity index (χ1v) is 11.9. The molecular formula is C25H29FN4O2S. The average molecular weight is 469 g/mol. The molecule has 0 radical (unpaired) electrons. The van der Waals surface area contributed by atoms with Crippen molar-refractivity contribution in [2.75, 3.05) is 38.6 Å². The number of rotatable bonds is 8. The van der Waals surface area contributed by atoms with Gasteiger partial charge in [0.25, 0.3) is 0 Å². The van der Waals surface area contributed by atoms with E-state index < -0.39 is 0 Å². The third-order valence-electron chi connectivity index (χ3n) is 5.72. The largest absolute Gasteiger partial charge is 0.494 e. The van der Waals surface area contributed by atoms with Crippen molar-refractivity contribution < 1.29 is 13.9 Å². The van der Waals surface area contributed by atoms with E-state index in [0.29, 0.717) is 0 Å². The van der Waals surface area contributed by atoms with Gasteiger partial charge in [0, 0.05) is 50.3 Å². The van der Waals surface area contributed by atoms with Crippen LogP contribution in [0.15, 0.2) is 47.8 Å². The van der Waals surface area contributed by atoms with E-state index in [-0.39, 0.29) is 23.9 Å².